The van der Waals surface area contributed by atoms with Crippen LogP contribution in [0.1, 0.15) is 12.8 Å². The van der Waals surface area contributed by atoms with Crippen molar-refractivity contribution in [1.82, 2.24) is 9.47 Å². The average Bonchev–Trinajstić information content (AvgIpc) is 3.15. The summed E-state index contributed by atoms with van der Waals surface area (Å²) in [5.74, 6) is 1.16. The van der Waals surface area contributed by atoms with E-state index in [-0.39, 0.29) is 24.1 Å². The second kappa shape index (κ2) is 4.81. The van der Waals surface area contributed by atoms with Gasteiger partial charge in [0, 0.05) is 31.4 Å². The monoisotopic (exact) mass is 261 g/mol. The standard InChI is InChI=1S/C14H19N3O2/c15-12-8-17(7-11(12)10-4-5-10)14(19)9-16-6-2-1-3-13(16)18/h1-3,6,10-12H,4-5,7-9,15H2/t11-,12+/m1/s1. The topological polar surface area (TPSA) is 68.3 Å². The van der Waals surface area contributed by atoms with Gasteiger partial charge in [-0.15, -0.1) is 0 Å². The van der Waals surface area contributed by atoms with Crippen LogP contribution in [-0.4, -0.2) is 34.5 Å². The van der Waals surface area contributed by atoms with Gasteiger partial charge in [0.15, 0.2) is 0 Å². The largest absolute Gasteiger partial charge is 0.339 e. The highest BCUT2D eigenvalue weighted by Crippen LogP contribution is 2.40. The molecule has 1 amide bonds. The lowest BCUT2D eigenvalue weighted by Gasteiger charge is -2.16. The van der Waals surface area contributed by atoms with Crippen molar-refractivity contribution in [1.29, 1.82) is 0 Å². The highest BCUT2D eigenvalue weighted by molar-refractivity contribution is 5.76. The number of nitrogens with zero attached hydrogens (tertiary/aromatic N) is 2. The van der Waals surface area contributed by atoms with Crippen molar-refractivity contribution in [2.24, 2.45) is 17.6 Å². The lowest BCUT2D eigenvalue weighted by atomic mass is 9.99. The third-order valence-electron chi connectivity index (χ3n) is 4.20. The predicted molar refractivity (Wildman–Crippen MR) is 71.5 cm³/mol. The van der Waals surface area contributed by atoms with Crippen molar-refractivity contribution in [3.8, 4) is 0 Å². The summed E-state index contributed by atoms with van der Waals surface area (Å²) in [6.45, 7) is 1.50. The minimum atomic E-state index is -0.141. The number of hydrogen-bond donors (Lipinski definition) is 1. The number of hydrogen-bond acceptors (Lipinski definition) is 3. The van der Waals surface area contributed by atoms with E-state index in [1.807, 2.05) is 4.90 Å². The summed E-state index contributed by atoms with van der Waals surface area (Å²) < 4.78 is 1.44. The van der Waals surface area contributed by atoms with Gasteiger partial charge in [0.2, 0.25) is 5.91 Å². The summed E-state index contributed by atoms with van der Waals surface area (Å²) in [7, 11) is 0. The Morgan fingerprint density at radius 2 is 2.11 bits per heavy atom. The quantitative estimate of drug-likeness (QED) is 0.835. The molecule has 102 valence electrons. The van der Waals surface area contributed by atoms with Gasteiger partial charge in [0.1, 0.15) is 6.54 Å². The maximum Gasteiger partial charge on any atom is 0.250 e. The fraction of sp³-hybridized carbons (Fsp3) is 0.571. The van der Waals surface area contributed by atoms with Gasteiger partial charge in [-0.1, -0.05) is 6.07 Å². The Labute approximate surface area is 112 Å². The van der Waals surface area contributed by atoms with Crippen LogP contribution in [0.5, 0.6) is 0 Å². The molecule has 1 saturated heterocycles. The lowest BCUT2D eigenvalue weighted by molar-refractivity contribution is -0.131. The van der Waals surface area contributed by atoms with Crippen LogP contribution in [0.15, 0.2) is 29.2 Å². The number of rotatable bonds is 3. The molecule has 0 spiro atoms. The number of pyridine rings is 1. The van der Waals surface area contributed by atoms with Gasteiger partial charge in [-0.25, -0.2) is 0 Å². The smallest absolute Gasteiger partial charge is 0.250 e. The van der Waals surface area contributed by atoms with E-state index >= 15 is 0 Å². The molecule has 0 bridgehead atoms. The van der Waals surface area contributed by atoms with Gasteiger partial charge in [0.25, 0.3) is 5.56 Å². The van der Waals surface area contributed by atoms with E-state index in [1.54, 1.807) is 18.3 Å². The Balaban J connectivity index is 1.65. The zero-order valence-corrected chi connectivity index (χ0v) is 10.9. The van der Waals surface area contributed by atoms with Crippen LogP contribution in [0.25, 0.3) is 0 Å². The van der Waals surface area contributed by atoms with Crippen molar-refractivity contribution in [2.75, 3.05) is 13.1 Å². The summed E-state index contributed by atoms with van der Waals surface area (Å²) in [4.78, 5) is 25.6. The zero-order valence-electron chi connectivity index (χ0n) is 10.9. The highest BCUT2D eigenvalue weighted by Gasteiger charge is 2.42. The first kappa shape index (κ1) is 12.4. The van der Waals surface area contributed by atoms with E-state index in [9.17, 15) is 9.59 Å². The highest BCUT2D eigenvalue weighted by atomic mass is 16.2. The molecule has 2 fully saturated rings. The van der Waals surface area contributed by atoms with E-state index in [0.29, 0.717) is 18.4 Å². The normalized spacial score (nSPS) is 26.7. The van der Waals surface area contributed by atoms with E-state index in [1.165, 1.54) is 23.5 Å². The van der Waals surface area contributed by atoms with Gasteiger partial charge >= 0.3 is 0 Å². The maximum atomic E-state index is 12.2. The van der Waals surface area contributed by atoms with Crippen LogP contribution in [0.3, 0.4) is 0 Å². The van der Waals surface area contributed by atoms with Crippen LogP contribution in [-0.2, 0) is 11.3 Å². The molecular weight excluding hydrogens is 242 g/mol. The van der Waals surface area contributed by atoms with Crippen LogP contribution >= 0.6 is 0 Å². The number of carbonyl (C=O) groups excluding carboxylic acids is 1. The van der Waals surface area contributed by atoms with Crippen molar-refractivity contribution in [3.63, 3.8) is 0 Å². The molecule has 2 N–H and O–H groups in total. The van der Waals surface area contributed by atoms with Gasteiger partial charge in [-0.2, -0.15) is 0 Å². The van der Waals surface area contributed by atoms with Crippen LogP contribution < -0.4 is 11.3 Å². The predicted octanol–water partition coefficient (Wildman–Crippen LogP) is 0.0440. The molecule has 19 heavy (non-hydrogen) atoms. The van der Waals surface area contributed by atoms with Gasteiger partial charge in [0.05, 0.1) is 0 Å². The van der Waals surface area contributed by atoms with E-state index in [4.69, 9.17) is 5.73 Å². The molecule has 1 aliphatic heterocycles. The fourth-order valence-corrected chi connectivity index (χ4v) is 2.92. The van der Waals surface area contributed by atoms with Gasteiger partial charge < -0.3 is 15.2 Å². The van der Waals surface area contributed by atoms with Crippen molar-refractivity contribution < 1.29 is 4.79 Å². The van der Waals surface area contributed by atoms with Crippen LogP contribution in [0.4, 0.5) is 0 Å². The Morgan fingerprint density at radius 3 is 2.79 bits per heavy atom. The molecule has 0 radical (unpaired) electrons. The Kier molecular flexibility index (Phi) is 3.14. The van der Waals surface area contributed by atoms with Crippen molar-refractivity contribution in [3.05, 3.63) is 34.7 Å². The molecule has 2 heterocycles. The molecular formula is C14H19N3O2. The Hall–Kier alpha value is -1.62. The van der Waals surface area contributed by atoms with Crippen molar-refractivity contribution >= 4 is 5.91 Å². The first-order valence-corrected chi connectivity index (χ1v) is 6.84. The fourth-order valence-electron chi connectivity index (χ4n) is 2.92. The SMILES string of the molecule is N[C@H]1CN(C(=O)Cn2ccccc2=O)C[C@@H]1C1CC1. The number of likely N-dealkylation sites (tertiary alicyclic amines) is 1. The minimum Gasteiger partial charge on any atom is -0.339 e. The van der Waals surface area contributed by atoms with E-state index < -0.39 is 0 Å². The Morgan fingerprint density at radius 1 is 1.32 bits per heavy atom. The summed E-state index contributed by atoms with van der Waals surface area (Å²) in [5.41, 5.74) is 5.97. The number of nitrogens with two attached hydrogens (primary N) is 1. The molecule has 1 saturated carbocycles. The second-order valence-electron chi connectivity index (χ2n) is 5.63. The zero-order chi connectivity index (χ0) is 13.4. The molecule has 3 rings (SSSR count). The van der Waals surface area contributed by atoms with E-state index in [0.717, 1.165) is 6.54 Å². The molecule has 1 aromatic heterocycles. The lowest BCUT2D eigenvalue weighted by Crippen LogP contribution is -2.36. The molecule has 1 aromatic rings. The molecule has 0 aromatic carbocycles. The third-order valence-corrected chi connectivity index (χ3v) is 4.20. The number of aromatic nitrogens is 1. The molecule has 1 aliphatic carbocycles. The second-order valence-corrected chi connectivity index (χ2v) is 5.63. The van der Waals surface area contributed by atoms with Crippen LogP contribution in [0, 0.1) is 11.8 Å². The third kappa shape index (κ3) is 2.56. The molecule has 0 unspecified atom stereocenters. The van der Waals surface area contributed by atoms with E-state index in [2.05, 4.69) is 0 Å². The minimum absolute atomic E-state index is 0.00750. The summed E-state index contributed by atoms with van der Waals surface area (Å²) in [5, 5.41) is 0. The van der Waals surface area contributed by atoms with Crippen molar-refractivity contribution in [2.45, 2.75) is 25.4 Å². The van der Waals surface area contributed by atoms with Crippen LogP contribution in [0.2, 0.25) is 0 Å². The molecule has 2 aliphatic rings. The number of carbonyl (C=O) groups is 1. The number of amides is 1. The molecule has 5 heteroatoms. The molecule has 2 atom stereocenters. The first-order chi connectivity index (χ1) is 9.15. The maximum absolute atomic E-state index is 12.2. The first-order valence-electron chi connectivity index (χ1n) is 6.84. The van der Waals surface area contributed by atoms with Gasteiger partial charge in [-0.05, 0) is 30.7 Å². The average molecular weight is 261 g/mol. The Bertz CT molecular complexity index is 535. The summed E-state index contributed by atoms with van der Waals surface area (Å²) in [6.07, 6.45) is 4.14. The molecule has 5 nitrogen and oxygen atoms in total. The summed E-state index contributed by atoms with van der Waals surface area (Å²) in [6, 6.07) is 5.01. The van der Waals surface area contributed by atoms with Gasteiger partial charge in [-0.3, -0.25) is 9.59 Å². The summed E-state index contributed by atoms with van der Waals surface area (Å²) >= 11 is 0.